The Hall–Kier alpha value is -1.88. The molecule has 2 heterocycles. The number of halogens is 1. The Morgan fingerprint density at radius 2 is 2.24 bits per heavy atom. The minimum atomic E-state index is -0.00713. The lowest BCUT2D eigenvalue weighted by Crippen LogP contribution is -2.35. The molecule has 1 aliphatic rings. The second-order valence-corrected chi connectivity index (χ2v) is 5.73. The summed E-state index contributed by atoms with van der Waals surface area (Å²) in [5.74, 6) is 0.708. The van der Waals surface area contributed by atoms with Gasteiger partial charge in [0.15, 0.2) is 0 Å². The van der Waals surface area contributed by atoms with Crippen molar-refractivity contribution < 1.29 is 9.53 Å². The Morgan fingerprint density at radius 3 is 3.00 bits per heavy atom. The lowest BCUT2D eigenvalue weighted by atomic mass is 10.1. The molecule has 0 aliphatic carbocycles. The Kier molecular flexibility index (Phi) is 3.92. The minimum absolute atomic E-state index is 0.00713. The molecule has 0 saturated carbocycles. The molecular weight excluding hydrogens is 332 g/mol. The predicted molar refractivity (Wildman–Crippen MR) is 84.9 cm³/mol. The van der Waals surface area contributed by atoms with E-state index in [9.17, 15) is 4.79 Å². The highest BCUT2D eigenvalue weighted by Gasteiger charge is 2.24. The van der Waals surface area contributed by atoms with E-state index in [4.69, 9.17) is 4.74 Å². The van der Waals surface area contributed by atoms with Crippen molar-refractivity contribution in [1.82, 2.24) is 4.98 Å². The van der Waals surface area contributed by atoms with Crippen molar-refractivity contribution in [3.05, 3.63) is 52.3 Å². The van der Waals surface area contributed by atoms with Crippen LogP contribution in [0, 0.1) is 0 Å². The van der Waals surface area contributed by atoms with Gasteiger partial charge < -0.3 is 9.64 Å². The Bertz CT molecular complexity index is 688. The van der Waals surface area contributed by atoms with Crippen molar-refractivity contribution in [2.75, 3.05) is 18.6 Å². The van der Waals surface area contributed by atoms with E-state index in [2.05, 4.69) is 20.9 Å². The maximum atomic E-state index is 12.8. The van der Waals surface area contributed by atoms with Crippen LogP contribution in [-0.2, 0) is 6.42 Å². The third kappa shape index (κ3) is 2.65. The van der Waals surface area contributed by atoms with Gasteiger partial charge in [-0.3, -0.25) is 9.78 Å². The number of hydrogen-bond acceptors (Lipinski definition) is 3. The van der Waals surface area contributed by atoms with Crippen LogP contribution in [0.3, 0.4) is 0 Å². The van der Waals surface area contributed by atoms with Gasteiger partial charge in [0.05, 0.1) is 23.0 Å². The molecule has 0 saturated heterocycles. The van der Waals surface area contributed by atoms with Crippen LogP contribution < -0.4 is 9.64 Å². The number of pyridine rings is 1. The number of ether oxygens (including phenoxy) is 1. The minimum Gasteiger partial charge on any atom is -0.496 e. The molecule has 0 radical (unpaired) electrons. The summed E-state index contributed by atoms with van der Waals surface area (Å²) >= 11 is 3.42. The van der Waals surface area contributed by atoms with E-state index < -0.39 is 0 Å². The van der Waals surface area contributed by atoms with Gasteiger partial charge >= 0.3 is 0 Å². The van der Waals surface area contributed by atoms with Crippen LogP contribution in [0.5, 0.6) is 5.75 Å². The summed E-state index contributed by atoms with van der Waals surface area (Å²) in [4.78, 5) is 18.9. The van der Waals surface area contributed by atoms with E-state index in [0.717, 1.165) is 35.2 Å². The standard InChI is InChI=1S/C16H15BrN2O2/c1-21-15-7-6-11(10-12(15)17)16(20)19-9-3-4-13-14(19)5-2-8-18-13/h2,5-8,10H,3-4,9H2,1H3. The van der Waals surface area contributed by atoms with E-state index in [1.807, 2.05) is 12.1 Å². The van der Waals surface area contributed by atoms with Crippen molar-refractivity contribution in [2.45, 2.75) is 12.8 Å². The molecule has 3 rings (SSSR count). The Balaban J connectivity index is 1.95. The second-order valence-electron chi connectivity index (χ2n) is 4.88. The monoisotopic (exact) mass is 346 g/mol. The number of aryl methyl sites for hydroxylation is 1. The summed E-state index contributed by atoms with van der Waals surface area (Å²) in [5, 5.41) is 0. The van der Waals surface area contributed by atoms with Gasteiger partial charge in [-0.15, -0.1) is 0 Å². The van der Waals surface area contributed by atoms with Gasteiger partial charge in [-0.2, -0.15) is 0 Å². The molecule has 1 aromatic heterocycles. The molecule has 2 aromatic rings. The molecule has 0 fully saturated rings. The third-order valence-corrected chi connectivity index (χ3v) is 4.22. The quantitative estimate of drug-likeness (QED) is 0.836. The highest BCUT2D eigenvalue weighted by Crippen LogP contribution is 2.29. The first-order chi connectivity index (χ1) is 10.2. The van der Waals surface area contributed by atoms with E-state index in [0.29, 0.717) is 11.3 Å². The summed E-state index contributed by atoms with van der Waals surface area (Å²) in [6.45, 7) is 0.723. The zero-order valence-corrected chi connectivity index (χ0v) is 13.3. The van der Waals surface area contributed by atoms with Crippen LogP contribution in [0.4, 0.5) is 5.69 Å². The first-order valence-electron chi connectivity index (χ1n) is 6.80. The van der Waals surface area contributed by atoms with Gasteiger partial charge in [-0.05, 0) is 59.1 Å². The summed E-state index contributed by atoms with van der Waals surface area (Å²) in [6, 6.07) is 9.21. The summed E-state index contributed by atoms with van der Waals surface area (Å²) in [6.07, 6.45) is 3.64. The molecule has 5 heteroatoms. The van der Waals surface area contributed by atoms with Crippen LogP contribution >= 0.6 is 15.9 Å². The van der Waals surface area contributed by atoms with Crippen LogP contribution in [0.1, 0.15) is 22.5 Å². The number of amides is 1. The lowest BCUT2D eigenvalue weighted by molar-refractivity contribution is 0.0985. The van der Waals surface area contributed by atoms with Crippen LogP contribution in [0.15, 0.2) is 41.0 Å². The first kappa shape index (κ1) is 14.1. The zero-order valence-electron chi connectivity index (χ0n) is 11.7. The number of rotatable bonds is 2. The zero-order chi connectivity index (χ0) is 14.8. The average Bonchev–Trinajstić information content (AvgIpc) is 2.53. The van der Waals surface area contributed by atoms with Gasteiger partial charge in [-0.1, -0.05) is 0 Å². The smallest absolute Gasteiger partial charge is 0.258 e. The number of hydrogen-bond donors (Lipinski definition) is 0. The Morgan fingerprint density at radius 1 is 1.38 bits per heavy atom. The van der Waals surface area contributed by atoms with Gasteiger partial charge in [0.25, 0.3) is 5.91 Å². The number of fused-ring (bicyclic) bond motifs is 1. The van der Waals surface area contributed by atoms with Crippen LogP contribution in [0.2, 0.25) is 0 Å². The van der Waals surface area contributed by atoms with Crippen LogP contribution in [0.25, 0.3) is 0 Å². The molecule has 4 nitrogen and oxygen atoms in total. The average molecular weight is 347 g/mol. The highest BCUT2D eigenvalue weighted by atomic mass is 79.9. The van der Waals surface area contributed by atoms with Crippen molar-refractivity contribution in [3.63, 3.8) is 0 Å². The summed E-state index contributed by atoms with van der Waals surface area (Å²) in [7, 11) is 1.61. The SMILES string of the molecule is COc1ccc(C(=O)N2CCCc3ncccc32)cc1Br. The fourth-order valence-corrected chi connectivity index (χ4v) is 3.10. The molecule has 0 spiro atoms. The highest BCUT2D eigenvalue weighted by molar-refractivity contribution is 9.10. The molecule has 1 aromatic carbocycles. The molecule has 0 unspecified atom stereocenters. The maximum absolute atomic E-state index is 12.8. The number of nitrogens with zero attached hydrogens (tertiary/aromatic N) is 2. The largest absolute Gasteiger partial charge is 0.496 e. The molecule has 0 atom stereocenters. The van der Waals surface area contributed by atoms with Crippen molar-refractivity contribution >= 4 is 27.5 Å². The van der Waals surface area contributed by atoms with E-state index in [1.165, 1.54) is 0 Å². The Labute approximate surface area is 131 Å². The molecule has 0 N–H and O–H groups in total. The molecule has 0 bridgehead atoms. The normalized spacial score (nSPS) is 13.7. The maximum Gasteiger partial charge on any atom is 0.258 e. The second kappa shape index (κ2) is 5.85. The number of carbonyl (C=O) groups is 1. The third-order valence-electron chi connectivity index (χ3n) is 3.60. The van der Waals surface area contributed by atoms with E-state index >= 15 is 0 Å². The molecule has 21 heavy (non-hydrogen) atoms. The summed E-state index contributed by atoms with van der Waals surface area (Å²) < 4.78 is 5.98. The lowest BCUT2D eigenvalue weighted by Gasteiger charge is -2.28. The number of carbonyl (C=O) groups excluding carboxylic acids is 1. The fraction of sp³-hybridized carbons (Fsp3) is 0.250. The number of anilines is 1. The van der Waals surface area contributed by atoms with E-state index in [-0.39, 0.29) is 5.91 Å². The number of methoxy groups -OCH3 is 1. The molecule has 1 amide bonds. The van der Waals surface area contributed by atoms with Crippen molar-refractivity contribution in [3.8, 4) is 5.75 Å². The van der Waals surface area contributed by atoms with Gasteiger partial charge in [-0.25, -0.2) is 0 Å². The molecular formula is C16H15BrN2O2. The summed E-state index contributed by atoms with van der Waals surface area (Å²) in [5.41, 5.74) is 2.55. The van der Waals surface area contributed by atoms with Gasteiger partial charge in [0.1, 0.15) is 5.75 Å². The van der Waals surface area contributed by atoms with Gasteiger partial charge in [0, 0.05) is 18.3 Å². The van der Waals surface area contributed by atoms with E-state index in [1.54, 1.807) is 36.4 Å². The van der Waals surface area contributed by atoms with Crippen LogP contribution in [-0.4, -0.2) is 24.5 Å². The molecule has 1 aliphatic heterocycles. The van der Waals surface area contributed by atoms with Crippen molar-refractivity contribution in [1.29, 1.82) is 0 Å². The number of benzene rings is 1. The van der Waals surface area contributed by atoms with Gasteiger partial charge in [0.2, 0.25) is 0 Å². The predicted octanol–water partition coefficient (Wildman–Crippen LogP) is 3.45. The van der Waals surface area contributed by atoms with Crippen molar-refractivity contribution in [2.24, 2.45) is 0 Å². The molecule has 108 valence electrons. The topological polar surface area (TPSA) is 42.4 Å². The fourth-order valence-electron chi connectivity index (χ4n) is 2.56. The first-order valence-corrected chi connectivity index (χ1v) is 7.59. The number of aromatic nitrogens is 1.